The third-order valence-corrected chi connectivity index (χ3v) is 5.06. The molecule has 0 unspecified atom stereocenters. The van der Waals surface area contributed by atoms with Crippen molar-refractivity contribution in [1.29, 1.82) is 0 Å². The van der Waals surface area contributed by atoms with E-state index in [9.17, 15) is 14.4 Å². The Morgan fingerprint density at radius 1 is 1.16 bits per heavy atom. The van der Waals surface area contributed by atoms with Gasteiger partial charge in [-0.3, -0.25) is 14.4 Å². The van der Waals surface area contributed by atoms with Gasteiger partial charge in [-0.15, -0.1) is 0 Å². The fourth-order valence-electron chi connectivity index (χ4n) is 3.10. The third kappa shape index (κ3) is 4.41. The highest BCUT2D eigenvalue weighted by Gasteiger charge is 2.11. The largest absolute Gasteiger partial charge is 0.439 e. The molecule has 2 N–H and O–H groups in total. The molecule has 9 heteroatoms. The molecule has 4 rings (SSSR count). The molecule has 0 aliphatic rings. The lowest BCUT2D eigenvalue weighted by molar-refractivity contribution is 0.102. The molecule has 1 amide bonds. The van der Waals surface area contributed by atoms with Gasteiger partial charge >= 0.3 is 11.1 Å². The maximum Gasteiger partial charge on any atom is 0.316 e. The van der Waals surface area contributed by atoms with E-state index in [2.05, 4.69) is 31.2 Å². The van der Waals surface area contributed by atoms with Gasteiger partial charge < -0.3 is 19.6 Å². The number of H-pyrrole nitrogens is 1. The van der Waals surface area contributed by atoms with Gasteiger partial charge in [-0.05, 0) is 49.4 Å². The van der Waals surface area contributed by atoms with Crippen molar-refractivity contribution in [3.05, 3.63) is 91.5 Å². The number of aromatic nitrogens is 3. The van der Waals surface area contributed by atoms with Crippen molar-refractivity contribution in [2.75, 3.05) is 5.32 Å². The minimum Gasteiger partial charge on any atom is -0.439 e. The monoisotopic (exact) mass is 480 g/mol. The van der Waals surface area contributed by atoms with Gasteiger partial charge in [0.25, 0.3) is 5.91 Å². The molecule has 0 saturated carbocycles. The quantitative estimate of drug-likeness (QED) is 0.421. The highest BCUT2D eigenvalue weighted by atomic mass is 79.9. The van der Waals surface area contributed by atoms with Crippen molar-refractivity contribution in [2.45, 2.75) is 13.5 Å². The summed E-state index contributed by atoms with van der Waals surface area (Å²) >= 11 is 3.38. The number of hydrogen-bond acceptors (Lipinski definition) is 5. The Morgan fingerprint density at radius 3 is 2.71 bits per heavy atom. The zero-order valence-corrected chi connectivity index (χ0v) is 18.0. The predicted octanol–water partition coefficient (Wildman–Crippen LogP) is 3.91. The first-order chi connectivity index (χ1) is 14.9. The normalized spacial score (nSPS) is 10.8. The van der Waals surface area contributed by atoms with E-state index >= 15 is 0 Å². The van der Waals surface area contributed by atoms with Crippen molar-refractivity contribution >= 4 is 38.6 Å². The lowest BCUT2D eigenvalue weighted by Gasteiger charge is -2.10. The molecular formula is C22H17BrN4O4. The van der Waals surface area contributed by atoms with Crippen molar-refractivity contribution in [3.8, 4) is 11.6 Å². The van der Waals surface area contributed by atoms with Gasteiger partial charge in [0.15, 0.2) is 0 Å². The number of carbonyl (C=O) groups excluding carboxylic acids is 1. The highest BCUT2D eigenvalue weighted by molar-refractivity contribution is 9.10. The Morgan fingerprint density at radius 2 is 2.00 bits per heavy atom. The summed E-state index contributed by atoms with van der Waals surface area (Å²) in [5, 5.41) is 2.75. The molecule has 0 fully saturated rings. The van der Waals surface area contributed by atoms with Crippen LogP contribution in [0.4, 0.5) is 5.69 Å². The number of nitrogens with zero attached hydrogens (tertiary/aromatic N) is 2. The summed E-state index contributed by atoms with van der Waals surface area (Å²) in [7, 11) is 0. The smallest absolute Gasteiger partial charge is 0.316 e. The van der Waals surface area contributed by atoms with Crippen molar-refractivity contribution in [1.82, 2.24) is 14.5 Å². The second kappa shape index (κ2) is 8.57. The van der Waals surface area contributed by atoms with E-state index in [0.717, 1.165) is 4.47 Å². The minimum atomic E-state index is -0.725. The number of carbonyl (C=O) groups is 1. The van der Waals surface area contributed by atoms with Gasteiger partial charge in [-0.2, -0.15) is 0 Å². The molecule has 31 heavy (non-hydrogen) atoms. The van der Waals surface area contributed by atoms with Gasteiger partial charge in [0.2, 0.25) is 5.88 Å². The summed E-state index contributed by atoms with van der Waals surface area (Å²) in [6.45, 7) is 2.13. The zero-order chi connectivity index (χ0) is 22.0. The van der Waals surface area contributed by atoms with E-state index < -0.39 is 11.1 Å². The fraction of sp³-hybridized carbons (Fsp3) is 0.0909. The molecule has 0 atom stereocenters. The number of benzene rings is 2. The van der Waals surface area contributed by atoms with E-state index in [1.54, 1.807) is 31.2 Å². The number of pyridine rings is 1. The lowest BCUT2D eigenvalue weighted by atomic mass is 10.1. The van der Waals surface area contributed by atoms with Crippen LogP contribution < -0.4 is 21.2 Å². The third-order valence-electron chi connectivity index (χ3n) is 4.57. The molecule has 0 aliphatic carbocycles. The van der Waals surface area contributed by atoms with Crippen LogP contribution in [-0.4, -0.2) is 20.4 Å². The Kier molecular flexibility index (Phi) is 5.68. The van der Waals surface area contributed by atoms with E-state index in [4.69, 9.17) is 4.74 Å². The molecule has 156 valence electrons. The van der Waals surface area contributed by atoms with Crippen LogP contribution in [0.2, 0.25) is 0 Å². The average Bonchev–Trinajstić information content (AvgIpc) is 2.76. The van der Waals surface area contributed by atoms with Crippen LogP contribution in [0.15, 0.2) is 74.9 Å². The second-order valence-electron chi connectivity index (χ2n) is 6.63. The number of rotatable bonds is 5. The molecule has 2 aromatic carbocycles. The number of aryl methyl sites for hydroxylation is 1. The van der Waals surface area contributed by atoms with E-state index in [0.29, 0.717) is 40.5 Å². The molecule has 0 bridgehead atoms. The number of halogens is 1. The van der Waals surface area contributed by atoms with Crippen LogP contribution in [-0.2, 0) is 6.54 Å². The molecule has 0 saturated heterocycles. The molecule has 2 heterocycles. The topological polar surface area (TPSA) is 106 Å². The summed E-state index contributed by atoms with van der Waals surface area (Å²) in [6.07, 6.45) is 1.49. The summed E-state index contributed by atoms with van der Waals surface area (Å²) < 4.78 is 7.93. The molecule has 0 aliphatic heterocycles. The van der Waals surface area contributed by atoms with Gasteiger partial charge in [0.1, 0.15) is 5.75 Å². The van der Waals surface area contributed by atoms with Gasteiger partial charge in [-0.1, -0.05) is 22.0 Å². The van der Waals surface area contributed by atoms with E-state index in [1.807, 2.05) is 24.3 Å². The van der Waals surface area contributed by atoms with E-state index in [1.165, 1.54) is 16.8 Å². The zero-order valence-electron chi connectivity index (χ0n) is 16.4. The van der Waals surface area contributed by atoms with Crippen LogP contribution in [0.3, 0.4) is 0 Å². The summed E-state index contributed by atoms with van der Waals surface area (Å²) in [6, 6.07) is 15.5. The first kappa shape index (κ1) is 20.5. The Balaban J connectivity index is 1.52. The number of nitrogens with one attached hydrogen (secondary N) is 2. The van der Waals surface area contributed by atoms with Gasteiger partial charge in [0, 0.05) is 22.6 Å². The summed E-state index contributed by atoms with van der Waals surface area (Å²) in [5.41, 5.74) is 0.438. The Hall–Kier alpha value is -3.72. The lowest BCUT2D eigenvalue weighted by Crippen LogP contribution is -2.36. The Labute approximate surface area is 184 Å². The SMILES string of the molecule is CCn1c(=O)c(=O)[nH]c2cc(C(=O)Nc3ccc(Oc4cccc(Br)c4)nc3)ccc21. The number of amides is 1. The second-order valence-corrected chi connectivity index (χ2v) is 7.55. The number of ether oxygens (including phenoxy) is 1. The Bertz CT molecular complexity index is 1390. The van der Waals surface area contributed by atoms with Gasteiger partial charge in [0.05, 0.1) is 22.9 Å². The highest BCUT2D eigenvalue weighted by Crippen LogP contribution is 2.24. The van der Waals surface area contributed by atoms with Crippen LogP contribution in [0.25, 0.3) is 11.0 Å². The number of anilines is 1. The first-order valence-electron chi connectivity index (χ1n) is 9.42. The first-order valence-corrected chi connectivity index (χ1v) is 10.2. The number of aromatic amines is 1. The van der Waals surface area contributed by atoms with Crippen molar-refractivity contribution in [3.63, 3.8) is 0 Å². The van der Waals surface area contributed by atoms with Crippen LogP contribution in [0, 0.1) is 0 Å². The average molecular weight is 481 g/mol. The molecule has 2 aromatic heterocycles. The summed E-state index contributed by atoms with van der Waals surface area (Å²) in [4.78, 5) is 43.2. The standard InChI is InChI=1S/C22H17BrN4O4/c1-2-27-18-8-6-13(10-17(18)26-21(29)22(27)30)20(28)25-15-7-9-19(24-12-15)31-16-5-3-4-14(23)11-16/h3-12H,2H2,1H3,(H,25,28)(H,26,29). The predicted molar refractivity (Wildman–Crippen MR) is 121 cm³/mol. The van der Waals surface area contributed by atoms with Crippen LogP contribution in [0.5, 0.6) is 11.6 Å². The van der Waals surface area contributed by atoms with E-state index in [-0.39, 0.29) is 5.91 Å². The summed E-state index contributed by atoms with van der Waals surface area (Å²) in [5.74, 6) is 0.644. The fourth-order valence-corrected chi connectivity index (χ4v) is 3.48. The molecule has 0 spiro atoms. The van der Waals surface area contributed by atoms with Crippen molar-refractivity contribution < 1.29 is 9.53 Å². The number of hydrogen-bond donors (Lipinski definition) is 2. The molecule has 0 radical (unpaired) electrons. The molecular weight excluding hydrogens is 464 g/mol. The number of fused-ring (bicyclic) bond motifs is 1. The minimum absolute atomic E-state index is 0.332. The van der Waals surface area contributed by atoms with Gasteiger partial charge in [-0.25, -0.2) is 4.98 Å². The van der Waals surface area contributed by atoms with Crippen molar-refractivity contribution in [2.24, 2.45) is 0 Å². The maximum atomic E-state index is 12.6. The maximum absolute atomic E-state index is 12.6. The molecule has 8 nitrogen and oxygen atoms in total. The van der Waals surface area contributed by atoms with Crippen LogP contribution >= 0.6 is 15.9 Å². The molecule has 4 aromatic rings. The van der Waals surface area contributed by atoms with Crippen LogP contribution in [0.1, 0.15) is 17.3 Å².